The molecule has 92 valence electrons. The third kappa shape index (κ3) is 2.52. The number of nitrogens with one attached hydrogen (secondary N) is 1. The number of aryl methyl sites for hydroxylation is 1. The first kappa shape index (κ1) is 11.2. The van der Waals surface area contributed by atoms with Crippen LogP contribution in [0.25, 0.3) is 0 Å². The second-order valence-electron chi connectivity index (χ2n) is 5.55. The van der Waals surface area contributed by atoms with Crippen molar-refractivity contribution in [3.8, 4) is 0 Å². The van der Waals surface area contributed by atoms with Crippen LogP contribution < -0.4 is 5.32 Å². The van der Waals surface area contributed by atoms with Gasteiger partial charge in [0.1, 0.15) is 0 Å². The molecule has 0 aromatic carbocycles. The summed E-state index contributed by atoms with van der Waals surface area (Å²) in [5, 5.41) is 3.74. The maximum Gasteiger partial charge on any atom is 0.0605 e. The second-order valence-corrected chi connectivity index (χ2v) is 5.55. The smallest absolute Gasteiger partial charge is 0.0605 e. The number of fused-ring (bicyclic) bond motifs is 1. The molecule has 0 spiro atoms. The van der Waals surface area contributed by atoms with Crippen molar-refractivity contribution in [3.05, 3.63) is 29.6 Å². The summed E-state index contributed by atoms with van der Waals surface area (Å²) >= 11 is 0. The van der Waals surface area contributed by atoms with Gasteiger partial charge in [-0.25, -0.2) is 0 Å². The highest BCUT2D eigenvalue weighted by atomic mass is 15.0. The van der Waals surface area contributed by atoms with Gasteiger partial charge in [-0.2, -0.15) is 0 Å². The Bertz CT molecular complexity index is 369. The van der Waals surface area contributed by atoms with Gasteiger partial charge in [0.15, 0.2) is 0 Å². The van der Waals surface area contributed by atoms with E-state index in [0.717, 1.165) is 5.92 Å². The maximum atomic E-state index is 4.54. The van der Waals surface area contributed by atoms with Gasteiger partial charge < -0.3 is 5.32 Å². The number of pyridine rings is 1. The highest BCUT2D eigenvalue weighted by molar-refractivity contribution is 5.27. The third-order valence-corrected chi connectivity index (χ3v) is 4.34. The lowest BCUT2D eigenvalue weighted by molar-refractivity contribution is 0.326. The topological polar surface area (TPSA) is 24.9 Å². The summed E-state index contributed by atoms with van der Waals surface area (Å²) in [6.07, 6.45) is 11.5. The SMILES string of the molecule is c1cnc2c(c1)CCC2NCC1CCCCC1. The first-order valence-electron chi connectivity index (χ1n) is 7.10. The van der Waals surface area contributed by atoms with E-state index in [0.29, 0.717) is 6.04 Å². The van der Waals surface area contributed by atoms with Crippen LogP contribution in [0, 0.1) is 5.92 Å². The first-order chi connectivity index (χ1) is 8.43. The molecule has 1 atom stereocenters. The summed E-state index contributed by atoms with van der Waals surface area (Å²) in [7, 11) is 0. The molecule has 1 heterocycles. The second kappa shape index (κ2) is 5.18. The summed E-state index contributed by atoms with van der Waals surface area (Å²) in [5.41, 5.74) is 2.76. The molecule has 1 unspecified atom stereocenters. The number of nitrogens with zero attached hydrogens (tertiary/aromatic N) is 1. The van der Waals surface area contributed by atoms with Gasteiger partial charge in [0.2, 0.25) is 0 Å². The highest BCUT2D eigenvalue weighted by Gasteiger charge is 2.24. The Kier molecular flexibility index (Phi) is 3.41. The van der Waals surface area contributed by atoms with Gasteiger partial charge in [0, 0.05) is 6.20 Å². The van der Waals surface area contributed by atoms with Crippen LogP contribution in [0.1, 0.15) is 55.8 Å². The molecule has 2 heteroatoms. The minimum atomic E-state index is 0.521. The third-order valence-electron chi connectivity index (χ3n) is 4.34. The number of hydrogen-bond acceptors (Lipinski definition) is 2. The van der Waals surface area contributed by atoms with Crippen LogP contribution in [0.15, 0.2) is 18.3 Å². The van der Waals surface area contributed by atoms with Gasteiger partial charge >= 0.3 is 0 Å². The zero-order valence-electron chi connectivity index (χ0n) is 10.5. The standard InChI is InChI=1S/C15H22N2/c1-2-5-12(6-3-1)11-17-14-9-8-13-7-4-10-16-15(13)14/h4,7,10,12,14,17H,1-3,5-6,8-9,11H2. The lowest BCUT2D eigenvalue weighted by atomic mass is 9.89. The van der Waals surface area contributed by atoms with Gasteiger partial charge in [-0.1, -0.05) is 25.3 Å². The van der Waals surface area contributed by atoms with Crippen molar-refractivity contribution in [2.24, 2.45) is 5.92 Å². The first-order valence-corrected chi connectivity index (χ1v) is 7.10. The largest absolute Gasteiger partial charge is 0.308 e. The van der Waals surface area contributed by atoms with E-state index >= 15 is 0 Å². The van der Waals surface area contributed by atoms with Crippen molar-refractivity contribution >= 4 is 0 Å². The monoisotopic (exact) mass is 230 g/mol. The lowest BCUT2D eigenvalue weighted by Gasteiger charge is -2.24. The van der Waals surface area contributed by atoms with Crippen LogP contribution in [0.3, 0.4) is 0 Å². The lowest BCUT2D eigenvalue weighted by Crippen LogP contribution is -2.27. The predicted molar refractivity (Wildman–Crippen MR) is 69.9 cm³/mol. The molecule has 1 fully saturated rings. The highest BCUT2D eigenvalue weighted by Crippen LogP contribution is 2.30. The van der Waals surface area contributed by atoms with E-state index in [-0.39, 0.29) is 0 Å². The molecule has 2 aliphatic carbocycles. The van der Waals surface area contributed by atoms with Crippen molar-refractivity contribution in [1.82, 2.24) is 10.3 Å². The summed E-state index contributed by atoms with van der Waals surface area (Å²) in [6, 6.07) is 4.81. The molecule has 1 saturated carbocycles. The molecule has 2 aliphatic rings. The van der Waals surface area contributed by atoms with Crippen molar-refractivity contribution in [3.63, 3.8) is 0 Å². The van der Waals surface area contributed by atoms with E-state index in [1.165, 1.54) is 62.7 Å². The minimum Gasteiger partial charge on any atom is -0.308 e. The van der Waals surface area contributed by atoms with Crippen LogP contribution >= 0.6 is 0 Å². The minimum absolute atomic E-state index is 0.521. The van der Waals surface area contributed by atoms with E-state index in [2.05, 4.69) is 22.4 Å². The van der Waals surface area contributed by atoms with Crippen molar-refractivity contribution < 1.29 is 0 Å². The van der Waals surface area contributed by atoms with Crippen LogP contribution in [0.2, 0.25) is 0 Å². The molecule has 1 aromatic rings. The fraction of sp³-hybridized carbons (Fsp3) is 0.667. The van der Waals surface area contributed by atoms with E-state index in [1.54, 1.807) is 0 Å². The average Bonchev–Trinajstić information content (AvgIpc) is 2.81. The summed E-state index contributed by atoms with van der Waals surface area (Å²) in [4.78, 5) is 4.54. The molecule has 3 rings (SSSR count). The number of hydrogen-bond donors (Lipinski definition) is 1. The van der Waals surface area contributed by atoms with Crippen LogP contribution in [-0.2, 0) is 6.42 Å². The average molecular weight is 230 g/mol. The quantitative estimate of drug-likeness (QED) is 0.862. The van der Waals surface area contributed by atoms with E-state index in [9.17, 15) is 0 Å². The van der Waals surface area contributed by atoms with Gasteiger partial charge in [-0.15, -0.1) is 0 Å². The van der Waals surface area contributed by atoms with Gasteiger partial charge in [-0.05, 0) is 49.8 Å². The molecule has 0 saturated heterocycles. The molecule has 0 bridgehead atoms. The van der Waals surface area contributed by atoms with E-state index in [4.69, 9.17) is 0 Å². The van der Waals surface area contributed by atoms with Crippen LogP contribution in [0.4, 0.5) is 0 Å². The zero-order valence-corrected chi connectivity index (χ0v) is 10.5. The normalized spacial score (nSPS) is 24.8. The fourth-order valence-corrected chi connectivity index (χ4v) is 3.31. The van der Waals surface area contributed by atoms with E-state index < -0.39 is 0 Å². The molecule has 0 radical (unpaired) electrons. The number of rotatable bonds is 3. The maximum absolute atomic E-state index is 4.54. The van der Waals surface area contributed by atoms with Gasteiger partial charge in [0.05, 0.1) is 11.7 Å². The molecule has 2 nitrogen and oxygen atoms in total. The van der Waals surface area contributed by atoms with Crippen molar-refractivity contribution in [2.45, 2.75) is 51.0 Å². The van der Waals surface area contributed by atoms with Gasteiger partial charge in [0.25, 0.3) is 0 Å². The summed E-state index contributed by atoms with van der Waals surface area (Å²) in [6.45, 7) is 1.20. The van der Waals surface area contributed by atoms with Crippen molar-refractivity contribution in [1.29, 1.82) is 0 Å². The van der Waals surface area contributed by atoms with E-state index in [1.807, 2.05) is 6.20 Å². The molecule has 1 N–H and O–H groups in total. The Balaban J connectivity index is 1.56. The molecule has 0 aliphatic heterocycles. The molecule has 17 heavy (non-hydrogen) atoms. The Hall–Kier alpha value is -0.890. The Morgan fingerprint density at radius 3 is 2.94 bits per heavy atom. The van der Waals surface area contributed by atoms with Crippen molar-refractivity contribution in [2.75, 3.05) is 6.54 Å². The molecule has 1 aromatic heterocycles. The zero-order chi connectivity index (χ0) is 11.5. The fourth-order valence-electron chi connectivity index (χ4n) is 3.31. The molecular formula is C15H22N2. The number of aromatic nitrogens is 1. The van der Waals surface area contributed by atoms with Gasteiger partial charge in [-0.3, -0.25) is 4.98 Å². The summed E-state index contributed by atoms with van der Waals surface area (Å²) < 4.78 is 0. The predicted octanol–water partition coefficient (Wildman–Crippen LogP) is 3.24. The van der Waals surface area contributed by atoms with Crippen LogP contribution in [0.5, 0.6) is 0 Å². The molecule has 0 amide bonds. The summed E-state index contributed by atoms with van der Waals surface area (Å²) in [5.74, 6) is 0.913. The Morgan fingerprint density at radius 2 is 2.06 bits per heavy atom. The Morgan fingerprint density at radius 1 is 1.18 bits per heavy atom. The Labute approximate surface area is 104 Å². The molecular weight excluding hydrogens is 208 g/mol. The van der Waals surface area contributed by atoms with Crippen LogP contribution in [-0.4, -0.2) is 11.5 Å².